The van der Waals surface area contributed by atoms with Gasteiger partial charge in [0.2, 0.25) is 5.91 Å². The highest BCUT2D eigenvalue weighted by Gasteiger charge is 2.33. The van der Waals surface area contributed by atoms with Crippen LogP contribution in [0, 0.1) is 12.8 Å². The second-order valence-corrected chi connectivity index (χ2v) is 6.53. The molecule has 6 heteroatoms. The minimum atomic E-state index is -0.0680. The molecule has 1 aromatic rings. The third kappa shape index (κ3) is 3.00. The van der Waals surface area contributed by atoms with Crippen LogP contribution in [0.5, 0.6) is 0 Å². The molecule has 0 radical (unpaired) electrons. The summed E-state index contributed by atoms with van der Waals surface area (Å²) in [5.74, 6) is 0.0356. The number of hydrogen-bond donors (Lipinski definition) is 1. The van der Waals surface area contributed by atoms with Crippen LogP contribution in [-0.4, -0.2) is 45.6 Å². The van der Waals surface area contributed by atoms with Crippen molar-refractivity contribution in [2.75, 3.05) is 13.1 Å². The van der Waals surface area contributed by atoms with Gasteiger partial charge in [-0.05, 0) is 26.2 Å². The molecule has 2 fully saturated rings. The Labute approximate surface area is 130 Å². The molecule has 1 N–H and O–H groups in total. The highest BCUT2D eigenvalue weighted by atomic mass is 16.2. The van der Waals surface area contributed by atoms with E-state index in [4.69, 9.17) is 0 Å². The number of aromatic nitrogens is 2. The van der Waals surface area contributed by atoms with Crippen LogP contribution in [-0.2, 0) is 11.8 Å². The van der Waals surface area contributed by atoms with Crippen molar-refractivity contribution in [3.8, 4) is 0 Å². The SMILES string of the molecule is Cc1nn(C)cc1C(=O)N1CC[C@@H](C(=O)NC2CCCC2)C1. The Balaban J connectivity index is 1.58. The van der Waals surface area contributed by atoms with Crippen molar-refractivity contribution in [1.82, 2.24) is 20.0 Å². The van der Waals surface area contributed by atoms with E-state index in [0.717, 1.165) is 25.0 Å². The molecule has 2 heterocycles. The number of carbonyl (C=O) groups excluding carboxylic acids is 2. The Morgan fingerprint density at radius 3 is 2.64 bits per heavy atom. The molecule has 1 aromatic heterocycles. The van der Waals surface area contributed by atoms with Crippen LogP contribution in [0.3, 0.4) is 0 Å². The van der Waals surface area contributed by atoms with Gasteiger partial charge in [-0.2, -0.15) is 5.10 Å². The first kappa shape index (κ1) is 15.1. The van der Waals surface area contributed by atoms with Gasteiger partial charge in [-0.3, -0.25) is 14.3 Å². The lowest BCUT2D eigenvalue weighted by Crippen LogP contribution is -2.39. The van der Waals surface area contributed by atoms with Crippen LogP contribution >= 0.6 is 0 Å². The normalized spacial score (nSPS) is 22.3. The molecular formula is C16H24N4O2. The number of rotatable bonds is 3. The van der Waals surface area contributed by atoms with E-state index >= 15 is 0 Å². The summed E-state index contributed by atoms with van der Waals surface area (Å²) in [5, 5.41) is 7.36. The topological polar surface area (TPSA) is 67.2 Å². The summed E-state index contributed by atoms with van der Waals surface area (Å²) in [6.45, 7) is 3.01. The zero-order chi connectivity index (χ0) is 15.7. The highest BCUT2D eigenvalue weighted by molar-refractivity contribution is 5.95. The van der Waals surface area contributed by atoms with Crippen LogP contribution in [0.25, 0.3) is 0 Å². The molecule has 22 heavy (non-hydrogen) atoms. The van der Waals surface area contributed by atoms with Gasteiger partial charge in [0.15, 0.2) is 0 Å². The summed E-state index contributed by atoms with van der Waals surface area (Å²) in [6, 6.07) is 0.345. The number of aryl methyl sites for hydroxylation is 2. The first-order valence-electron chi connectivity index (χ1n) is 8.14. The first-order valence-corrected chi connectivity index (χ1v) is 8.14. The fourth-order valence-corrected chi connectivity index (χ4v) is 3.53. The predicted octanol–water partition coefficient (Wildman–Crippen LogP) is 1.25. The molecule has 0 bridgehead atoms. The fourth-order valence-electron chi connectivity index (χ4n) is 3.53. The maximum absolute atomic E-state index is 12.5. The van der Waals surface area contributed by atoms with Crippen LogP contribution < -0.4 is 5.32 Å². The monoisotopic (exact) mass is 304 g/mol. The number of amides is 2. The smallest absolute Gasteiger partial charge is 0.257 e. The molecule has 6 nitrogen and oxygen atoms in total. The molecule has 0 aromatic carbocycles. The second-order valence-electron chi connectivity index (χ2n) is 6.53. The molecular weight excluding hydrogens is 280 g/mol. The van der Waals surface area contributed by atoms with E-state index in [-0.39, 0.29) is 17.7 Å². The molecule has 2 aliphatic rings. The van der Waals surface area contributed by atoms with E-state index in [0.29, 0.717) is 24.7 Å². The Bertz CT molecular complexity index is 575. The molecule has 2 amide bonds. The average molecular weight is 304 g/mol. The zero-order valence-electron chi connectivity index (χ0n) is 13.3. The molecule has 1 atom stereocenters. The maximum atomic E-state index is 12.5. The molecule has 1 aliphatic heterocycles. The summed E-state index contributed by atoms with van der Waals surface area (Å²) in [7, 11) is 1.81. The Kier molecular flexibility index (Phi) is 4.18. The second kappa shape index (κ2) is 6.10. The van der Waals surface area contributed by atoms with Gasteiger partial charge in [-0.1, -0.05) is 12.8 Å². The van der Waals surface area contributed by atoms with E-state index in [2.05, 4.69) is 10.4 Å². The van der Waals surface area contributed by atoms with Crippen LogP contribution in [0.2, 0.25) is 0 Å². The predicted molar refractivity (Wildman–Crippen MR) is 82.4 cm³/mol. The molecule has 120 valence electrons. The van der Waals surface area contributed by atoms with Crippen molar-refractivity contribution in [3.63, 3.8) is 0 Å². The van der Waals surface area contributed by atoms with Crippen LogP contribution in [0.4, 0.5) is 0 Å². The quantitative estimate of drug-likeness (QED) is 0.914. The van der Waals surface area contributed by atoms with Crippen molar-refractivity contribution in [2.24, 2.45) is 13.0 Å². The summed E-state index contributed by atoms with van der Waals surface area (Å²) in [6.07, 6.45) is 7.11. The highest BCUT2D eigenvalue weighted by Crippen LogP contribution is 2.22. The maximum Gasteiger partial charge on any atom is 0.257 e. The van der Waals surface area contributed by atoms with Crippen molar-refractivity contribution in [1.29, 1.82) is 0 Å². The minimum Gasteiger partial charge on any atom is -0.353 e. The first-order chi connectivity index (χ1) is 10.5. The molecule has 0 unspecified atom stereocenters. The van der Waals surface area contributed by atoms with Gasteiger partial charge in [0.05, 0.1) is 17.2 Å². The molecule has 1 saturated heterocycles. The zero-order valence-corrected chi connectivity index (χ0v) is 13.3. The van der Waals surface area contributed by atoms with Crippen molar-refractivity contribution < 1.29 is 9.59 Å². The summed E-state index contributed by atoms with van der Waals surface area (Å²) >= 11 is 0. The van der Waals surface area contributed by atoms with Crippen molar-refractivity contribution >= 4 is 11.8 Å². The number of likely N-dealkylation sites (tertiary alicyclic amines) is 1. The van der Waals surface area contributed by atoms with Gasteiger partial charge in [0, 0.05) is 32.4 Å². The minimum absolute atomic E-state index is 0.0123. The summed E-state index contributed by atoms with van der Waals surface area (Å²) in [4.78, 5) is 26.6. The number of hydrogen-bond acceptors (Lipinski definition) is 3. The van der Waals surface area contributed by atoms with Crippen LogP contribution in [0.1, 0.15) is 48.2 Å². The fraction of sp³-hybridized carbons (Fsp3) is 0.688. The number of nitrogens with one attached hydrogen (secondary N) is 1. The number of nitrogens with zero attached hydrogens (tertiary/aromatic N) is 3. The Morgan fingerprint density at radius 1 is 1.27 bits per heavy atom. The van der Waals surface area contributed by atoms with Gasteiger partial charge < -0.3 is 10.2 Å². The van der Waals surface area contributed by atoms with Crippen molar-refractivity contribution in [3.05, 3.63) is 17.5 Å². The van der Waals surface area contributed by atoms with E-state index in [9.17, 15) is 9.59 Å². The third-order valence-electron chi connectivity index (χ3n) is 4.79. The molecule has 3 rings (SSSR count). The molecule has 0 spiro atoms. The van der Waals surface area contributed by atoms with Crippen LogP contribution in [0.15, 0.2) is 6.20 Å². The third-order valence-corrected chi connectivity index (χ3v) is 4.79. The van der Waals surface area contributed by atoms with Gasteiger partial charge in [-0.25, -0.2) is 0 Å². The van der Waals surface area contributed by atoms with E-state index < -0.39 is 0 Å². The Hall–Kier alpha value is -1.85. The lowest BCUT2D eigenvalue weighted by Gasteiger charge is -2.18. The molecule has 1 saturated carbocycles. The van der Waals surface area contributed by atoms with Gasteiger partial charge in [-0.15, -0.1) is 0 Å². The van der Waals surface area contributed by atoms with E-state index in [1.807, 2.05) is 14.0 Å². The largest absolute Gasteiger partial charge is 0.353 e. The summed E-state index contributed by atoms with van der Waals surface area (Å²) < 4.78 is 1.66. The lowest BCUT2D eigenvalue weighted by atomic mass is 10.1. The average Bonchev–Trinajstić information content (AvgIpc) is 3.18. The van der Waals surface area contributed by atoms with Gasteiger partial charge >= 0.3 is 0 Å². The summed E-state index contributed by atoms with van der Waals surface area (Å²) in [5.41, 5.74) is 1.38. The molecule has 1 aliphatic carbocycles. The number of carbonyl (C=O) groups is 2. The Morgan fingerprint density at radius 2 is 2.00 bits per heavy atom. The standard InChI is InChI=1S/C16H24N4O2/c1-11-14(10-19(2)18-11)16(22)20-8-7-12(9-20)15(21)17-13-5-3-4-6-13/h10,12-13H,3-9H2,1-2H3,(H,17,21)/t12-/m1/s1. The van der Waals surface area contributed by atoms with Crippen molar-refractivity contribution in [2.45, 2.75) is 45.1 Å². The lowest BCUT2D eigenvalue weighted by molar-refractivity contribution is -0.125. The van der Waals surface area contributed by atoms with Gasteiger partial charge in [0.1, 0.15) is 0 Å². The van der Waals surface area contributed by atoms with E-state index in [1.54, 1.807) is 15.8 Å². The van der Waals surface area contributed by atoms with E-state index in [1.165, 1.54) is 12.8 Å². The van der Waals surface area contributed by atoms with Gasteiger partial charge in [0.25, 0.3) is 5.91 Å².